The molecule has 3 rings (SSSR count). The molecule has 0 aliphatic carbocycles. The molecular weight excluding hydrogens is 232 g/mol. The normalized spacial score (nSPS) is 20.1. The Hall–Kier alpha value is -1.28. The second-order valence-corrected chi connectivity index (χ2v) is 6.16. The van der Waals surface area contributed by atoms with Gasteiger partial charge in [0, 0.05) is 18.6 Å². The molecule has 2 aromatic rings. The molecule has 2 nitrogen and oxygen atoms in total. The van der Waals surface area contributed by atoms with Gasteiger partial charge < -0.3 is 9.88 Å². The fourth-order valence-electron chi connectivity index (χ4n) is 3.61. The molecule has 19 heavy (non-hydrogen) atoms. The Bertz CT molecular complexity index is 589. The van der Waals surface area contributed by atoms with Gasteiger partial charge in [-0.25, -0.2) is 0 Å². The van der Waals surface area contributed by atoms with Gasteiger partial charge in [-0.2, -0.15) is 0 Å². The Morgan fingerprint density at radius 1 is 1.32 bits per heavy atom. The van der Waals surface area contributed by atoms with Crippen LogP contribution in [0.2, 0.25) is 0 Å². The Morgan fingerprint density at radius 3 is 2.89 bits per heavy atom. The summed E-state index contributed by atoms with van der Waals surface area (Å²) in [4.78, 5) is 0. The molecule has 0 radical (unpaired) electrons. The van der Waals surface area contributed by atoms with Gasteiger partial charge in [0.15, 0.2) is 0 Å². The van der Waals surface area contributed by atoms with E-state index in [0.717, 1.165) is 5.92 Å². The lowest BCUT2D eigenvalue weighted by Gasteiger charge is -2.22. The van der Waals surface area contributed by atoms with Crippen molar-refractivity contribution in [3.05, 3.63) is 35.0 Å². The summed E-state index contributed by atoms with van der Waals surface area (Å²) in [6.07, 6.45) is 6.25. The van der Waals surface area contributed by atoms with E-state index in [4.69, 9.17) is 0 Å². The van der Waals surface area contributed by atoms with Crippen molar-refractivity contribution in [3.63, 3.8) is 0 Å². The molecule has 1 aliphatic rings. The number of piperidine rings is 1. The fourth-order valence-corrected chi connectivity index (χ4v) is 3.61. The van der Waals surface area contributed by atoms with E-state index in [1.807, 2.05) is 0 Å². The standard InChI is InChI=1S/C17H24N2/c1-12-7-13(2)17-16(8-12)15(11-19(17)3)9-14-5-4-6-18-10-14/h7-8,11,14,18H,4-6,9-10H2,1-3H3. The third kappa shape index (κ3) is 2.42. The van der Waals surface area contributed by atoms with Crippen molar-refractivity contribution in [3.8, 4) is 0 Å². The molecule has 1 aliphatic heterocycles. The number of rotatable bonds is 2. The van der Waals surface area contributed by atoms with Gasteiger partial charge in [-0.1, -0.05) is 11.6 Å². The van der Waals surface area contributed by atoms with E-state index in [2.05, 4.69) is 49.1 Å². The van der Waals surface area contributed by atoms with Gasteiger partial charge in [-0.15, -0.1) is 0 Å². The van der Waals surface area contributed by atoms with Gasteiger partial charge in [0.1, 0.15) is 0 Å². The molecule has 1 atom stereocenters. The lowest BCUT2D eigenvalue weighted by atomic mass is 9.91. The first kappa shape index (κ1) is 12.7. The van der Waals surface area contributed by atoms with Crippen molar-refractivity contribution in [2.24, 2.45) is 13.0 Å². The lowest BCUT2D eigenvalue weighted by molar-refractivity contribution is 0.376. The van der Waals surface area contributed by atoms with Gasteiger partial charge in [-0.3, -0.25) is 0 Å². The number of aromatic nitrogens is 1. The van der Waals surface area contributed by atoms with E-state index in [1.54, 1.807) is 0 Å². The van der Waals surface area contributed by atoms with E-state index < -0.39 is 0 Å². The van der Waals surface area contributed by atoms with E-state index >= 15 is 0 Å². The van der Waals surface area contributed by atoms with Gasteiger partial charge in [-0.05, 0) is 69.3 Å². The van der Waals surface area contributed by atoms with Crippen LogP contribution in [0.3, 0.4) is 0 Å². The molecule has 0 spiro atoms. The number of nitrogens with one attached hydrogen (secondary N) is 1. The minimum absolute atomic E-state index is 0.806. The second kappa shape index (κ2) is 5.01. The van der Waals surface area contributed by atoms with Gasteiger partial charge >= 0.3 is 0 Å². The van der Waals surface area contributed by atoms with Crippen LogP contribution in [-0.2, 0) is 13.5 Å². The predicted octanol–water partition coefficient (Wildman–Crippen LogP) is 3.34. The molecule has 102 valence electrons. The number of hydrogen-bond donors (Lipinski definition) is 1. The Labute approximate surface area is 115 Å². The van der Waals surface area contributed by atoms with Crippen LogP contribution in [0.25, 0.3) is 10.9 Å². The quantitative estimate of drug-likeness (QED) is 0.872. The number of benzene rings is 1. The third-order valence-corrected chi connectivity index (χ3v) is 4.40. The number of fused-ring (bicyclic) bond motifs is 1. The first-order chi connectivity index (χ1) is 9.15. The summed E-state index contributed by atoms with van der Waals surface area (Å²) in [5.74, 6) is 0.806. The van der Waals surface area contributed by atoms with Crippen molar-refractivity contribution in [1.29, 1.82) is 0 Å². The monoisotopic (exact) mass is 256 g/mol. The predicted molar refractivity (Wildman–Crippen MR) is 81.7 cm³/mol. The first-order valence-corrected chi connectivity index (χ1v) is 7.41. The Balaban J connectivity index is 1.99. The number of hydrogen-bond acceptors (Lipinski definition) is 1. The lowest BCUT2D eigenvalue weighted by Crippen LogP contribution is -2.30. The van der Waals surface area contributed by atoms with Crippen molar-refractivity contribution in [2.75, 3.05) is 13.1 Å². The molecule has 0 saturated carbocycles. The van der Waals surface area contributed by atoms with Crippen molar-refractivity contribution in [2.45, 2.75) is 33.1 Å². The highest BCUT2D eigenvalue weighted by molar-refractivity contribution is 5.87. The largest absolute Gasteiger partial charge is 0.350 e. The van der Waals surface area contributed by atoms with E-state index in [1.165, 1.54) is 59.9 Å². The van der Waals surface area contributed by atoms with Crippen LogP contribution < -0.4 is 5.32 Å². The summed E-state index contributed by atoms with van der Waals surface area (Å²) in [6.45, 7) is 6.80. The summed E-state index contributed by atoms with van der Waals surface area (Å²) in [6, 6.07) is 4.64. The molecule has 1 aromatic carbocycles. The molecule has 0 amide bonds. The van der Waals surface area contributed by atoms with E-state index in [0.29, 0.717) is 0 Å². The second-order valence-electron chi connectivity index (χ2n) is 6.16. The summed E-state index contributed by atoms with van der Waals surface area (Å²) >= 11 is 0. The van der Waals surface area contributed by atoms with E-state index in [9.17, 15) is 0 Å². The van der Waals surface area contributed by atoms with Crippen LogP contribution in [0.1, 0.15) is 29.5 Å². The van der Waals surface area contributed by atoms with Gasteiger partial charge in [0.05, 0.1) is 5.52 Å². The third-order valence-electron chi connectivity index (χ3n) is 4.40. The van der Waals surface area contributed by atoms with Crippen molar-refractivity contribution < 1.29 is 0 Å². The molecule has 2 heterocycles. The Kier molecular flexibility index (Phi) is 3.36. The summed E-state index contributed by atoms with van der Waals surface area (Å²) in [7, 11) is 2.17. The molecule has 1 fully saturated rings. The molecule has 1 N–H and O–H groups in total. The topological polar surface area (TPSA) is 17.0 Å². The SMILES string of the molecule is Cc1cc(C)c2c(c1)c(CC1CCCNC1)cn2C. The average Bonchev–Trinajstić information content (AvgIpc) is 2.67. The zero-order valence-electron chi connectivity index (χ0n) is 12.3. The highest BCUT2D eigenvalue weighted by Crippen LogP contribution is 2.28. The number of nitrogens with zero attached hydrogens (tertiary/aromatic N) is 1. The highest BCUT2D eigenvalue weighted by Gasteiger charge is 2.17. The van der Waals surface area contributed by atoms with Crippen LogP contribution in [0, 0.1) is 19.8 Å². The fraction of sp³-hybridized carbons (Fsp3) is 0.529. The zero-order valence-corrected chi connectivity index (χ0v) is 12.3. The molecule has 0 bridgehead atoms. The van der Waals surface area contributed by atoms with E-state index in [-0.39, 0.29) is 0 Å². The zero-order chi connectivity index (χ0) is 13.4. The van der Waals surface area contributed by atoms with Crippen molar-refractivity contribution >= 4 is 10.9 Å². The van der Waals surface area contributed by atoms with Crippen molar-refractivity contribution in [1.82, 2.24) is 9.88 Å². The first-order valence-electron chi connectivity index (χ1n) is 7.41. The maximum Gasteiger partial charge on any atom is 0.0510 e. The van der Waals surface area contributed by atoms with Gasteiger partial charge in [0.25, 0.3) is 0 Å². The minimum Gasteiger partial charge on any atom is -0.350 e. The molecule has 1 aromatic heterocycles. The maximum atomic E-state index is 3.53. The highest BCUT2D eigenvalue weighted by atomic mass is 14.9. The smallest absolute Gasteiger partial charge is 0.0510 e. The average molecular weight is 256 g/mol. The van der Waals surface area contributed by atoms with Crippen LogP contribution in [0.5, 0.6) is 0 Å². The van der Waals surface area contributed by atoms with Crippen LogP contribution >= 0.6 is 0 Å². The van der Waals surface area contributed by atoms with Gasteiger partial charge in [0.2, 0.25) is 0 Å². The molecule has 2 heteroatoms. The summed E-state index contributed by atoms with van der Waals surface area (Å²) in [5.41, 5.74) is 5.70. The molecule has 1 unspecified atom stereocenters. The molecular formula is C17H24N2. The minimum atomic E-state index is 0.806. The Morgan fingerprint density at radius 2 is 2.16 bits per heavy atom. The summed E-state index contributed by atoms with van der Waals surface area (Å²) < 4.78 is 2.30. The van der Waals surface area contributed by atoms with Crippen LogP contribution in [0.4, 0.5) is 0 Å². The molecule has 1 saturated heterocycles. The van der Waals surface area contributed by atoms with Crippen LogP contribution in [-0.4, -0.2) is 17.7 Å². The number of aryl methyl sites for hydroxylation is 3. The maximum absolute atomic E-state index is 3.53. The van der Waals surface area contributed by atoms with Crippen LogP contribution in [0.15, 0.2) is 18.3 Å². The summed E-state index contributed by atoms with van der Waals surface area (Å²) in [5, 5.41) is 4.99.